The van der Waals surface area contributed by atoms with E-state index in [1.807, 2.05) is 18.1 Å². The Hall–Kier alpha value is -2.98. The number of allylic oxidation sites excluding steroid dienone is 2. The largest absolute Gasteiger partial charge is 0.394 e. The minimum absolute atomic E-state index is 0.0591. The van der Waals surface area contributed by atoms with E-state index in [-0.39, 0.29) is 12.4 Å². The number of nitrogens with zero attached hydrogens (tertiary/aromatic N) is 4. The van der Waals surface area contributed by atoms with E-state index < -0.39 is 0 Å². The average molecular weight is 531 g/mol. The lowest BCUT2D eigenvalue weighted by Gasteiger charge is -2.25. The predicted molar refractivity (Wildman–Crippen MR) is 150 cm³/mol. The number of hydrazine groups is 1. The number of aliphatic hydroxyl groups excluding tert-OH is 1. The number of aliphatic hydroxyl groups is 1. The van der Waals surface area contributed by atoms with E-state index in [9.17, 15) is 4.39 Å². The number of hydrogen-bond acceptors (Lipinski definition) is 8. The Bertz CT molecular complexity index is 1230. The maximum Gasteiger partial charge on any atom is 0.189 e. The molecule has 0 amide bonds. The molecule has 192 valence electrons. The Morgan fingerprint density at radius 2 is 2.19 bits per heavy atom. The Balaban J connectivity index is 1.58. The third-order valence-electron chi connectivity index (χ3n) is 5.67. The molecule has 0 saturated carbocycles. The Morgan fingerprint density at radius 3 is 2.89 bits per heavy atom. The first-order valence-electron chi connectivity index (χ1n) is 11.6. The van der Waals surface area contributed by atoms with Crippen LogP contribution in [-0.2, 0) is 0 Å². The maximum absolute atomic E-state index is 13.5. The monoisotopic (exact) mass is 530 g/mol. The van der Waals surface area contributed by atoms with Crippen LogP contribution >= 0.6 is 22.9 Å². The highest BCUT2D eigenvalue weighted by molar-refractivity contribution is 7.22. The number of anilines is 1. The molecule has 3 rings (SSSR count). The van der Waals surface area contributed by atoms with Crippen molar-refractivity contribution < 1.29 is 9.50 Å². The van der Waals surface area contributed by atoms with Gasteiger partial charge in [-0.1, -0.05) is 42.7 Å². The van der Waals surface area contributed by atoms with Crippen molar-refractivity contribution >= 4 is 44.0 Å². The van der Waals surface area contributed by atoms with Crippen LogP contribution in [0.25, 0.3) is 10.2 Å². The fourth-order valence-electron chi connectivity index (χ4n) is 3.69. The molecule has 2 aromatic rings. The SMILES string of the molecule is C=C(/C=C(/Cl)C(=NC)C(=C)CCN(CC)C(=C)Nc1nc2ccc(F)cc2s1)C1=CN(CCO)NC1. The molecular formula is C26H32ClFN6OS. The topological polar surface area (TPSA) is 76.0 Å². The molecule has 0 bridgehead atoms. The first-order valence-corrected chi connectivity index (χ1v) is 12.8. The van der Waals surface area contributed by atoms with Gasteiger partial charge in [0.2, 0.25) is 0 Å². The lowest BCUT2D eigenvalue weighted by atomic mass is 10.0. The highest BCUT2D eigenvalue weighted by atomic mass is 35.5. The van der Waals surface area contributed by atoms with E-state index >= 15 is 0 Å². The number of benzene rings is 1. The zero-order valence-electron chi connectivity index (χ0n) is 20.7. The predicted octanol–water partition coefficient (Wildman–Crippen LogP) is 5.03. The summed E-state index contributed by atoms with van der Waals surface area (Å²) in [5, 5.41) is 15.3. The summed E-state index contributed by atoms with van der Waals surface area (Å²) >= 11 is 7.99. The number of aliphatic imine (C=N–C) groups is 1. The van der Waals surface area contributed by atoms with Gasteiger partial charge < -0.3 is 20.3 Å². The van der Waals surface area contributed by atoms with Gasteiger partial charge in [-0.3, -0.25) is 4.99 Å². The fraction of sp³-hybridized carbons (Fsp3) is 0.308. The van der Waals surface area contributed by atoms with Crippen molar-refractivity contribution in [2.75, 3.05) is 45.2 Å². The van der Waals surface area contributed by atoms with E-state index in [4.69, 9.17) is 16.7 Å². The molecule has 1 aromatic heterocycles. The van der Waals surface area contributed by atoms with Crippen LogP contribution in [0.5, 0.6) is 0 Å². The molecule has 3 N–H and O–H groups in total. The molecule has 0 saturated heterocycles. The quantitative estimate of drug-likeness (QED) is 0.249. The summed E-state index contributed by atoms with van der Waals surface area (Å²) in [5.41, 5.74) is 7.08. The second kappa shape index (κ2) is 12.8. The second-order valence-corrected chi connectivity index (χ2v) is 9.57. The molecule has 0 radical (unpaired) electrons. The summed E-state index contributed by atoms with van der Waals surface area (Å²) in [4.78, 5) is 10.9. The Labute approximate surface area is 220 Å². The minimum atomic E-state index is -0.282. The van der Waals surface area contributed by atoms with Gasteiger partial charge in [-0.05, 0) is 54.3 Å². The van der Waals surface area contributed by atoms with Crippen LogP contribution in [0.3, 0.4) is 0 Å². The summed E-state index contributed by atoms with van der Waals surface area (Å²) in [6.45, 7) is 17.1. The van der Waals surface area contributed by atoms with Gasteiger partial charge in [-0.2, -0.15) is 0 Å². The third-order valence-corrected chi connectivity index (χ3v) is 6.89. The summed E-state index contributed by atoms with van der Waals surface area (Å²) in [6.07, 6.45) is 4.33. The molecule has 1 aliphatic rings. The van der Waals surface area contributed by atoms with Crippen molar-refractivity contribution in [3.63, 3.8) is 0 Å². The molecule has 1 aromatic carbocycles. The van der Waals surface area contributed by atoms with Crippen molar-refractivity contribution in [1.29, 1.82) is 0 Å². The van der Waals surface area contributed by atoms with Gasteiger partial charge in [0.1, 0.15) is 11.6 Å². The molecule has 0 spiro atoms. The first kappa shape index (κ1) is 27.6. The van der Waals surface area contributed by atoms with E-state index in [0.29, 0.717) is 47.8 Å². The number of fused-ring (bicyclic) bond motifs is 1. The van der Waals surface area contributed by atoms with Crippen molar-refractivity contribution in [2.24, 2.45) is 4.99 Å². The van der Waals surface area contributed by atoms with Crippen LogP contribution in [0.4, 0.5) is 9.52 Å². The highest BCUT2D eigenvalue weighted by Gasteiger charge is 2.16. The minimum Gasteiger partial charge on any atom is -0.394 e. The van der Waals surface area contributed by atoms with E-state index in [0.717, 1.165) is 33.5 Å². The number of β-amino-alcohol motifs (C(OH)–C–C–N with tert-alkyl or cyclic N) is 1. The molecular weight excluding hydrogens is 499 g/mol. The fourth-order valence-corrected chi connectivity index (χ4v) is 4.95. The first-order chi connectivity index (χ1) is 17.2. The summed E-state index contributed by atoms with van der Waals surface area (Å²) in [5.74, 6) is 0.415. The standard InChI is InChI=1S/C26H32ClFN6OS/c1-6-33(19(4)31-26-32-23-8-7-21(28)14-24(23)36-26)10-9-17(2)25(29-5)22(27)13-18(3)20-15-30-34(16-20)11-12-35/h7-8,13-14,16,30,35H,2-4,6,9-12,15H2,1,5H3,(H,31,32)/b22-13+,29-25?. The van der Waals surface area contributed by atoms with Gasteiger partial charge in [0, 0.05) is 32.9 Å². The molecule has 0 unspecified atom stereocenters. The highest BCUT2D eigenvalue weighted by Crippen LogP contribution is 2.28. The van der Waals surface area contributed by atoms with Gasteiger partial charge in [0.15, 0.2) is 5.13 Å². The van der Waals surface area contributed by atoms with Crippen LogP contribution in [0.15, 0.2) is 82.8 Å². The second-order valence-electron chi connectivity index (χ2n) is 8.13. The lowest BCUT2D eigenvalue weighted by molar-refractivity contribution is 0.210. The summed E-state index contributed by atoms with van der Waals surface area (Å²) in [6, 6.07) is 4.55. The number of nitrogens with one attached hydrogen (secondary N) is 2. The van der Waals surface area contributed by atoms with Crippen LogP contribution < -0.4 is 10.7 Å². The average Bonchev–Trinajstić information content (AvgIpc) is 3.46. The molecule has 1 aliphatic heterocycles. The smallest absolute Gasteiger partial charge is 0.189 e. The van der Waals surface area contributed by atoms with Crippen molar-refractivity contribution in [2.45, 2.75) is 13.3 Å². The van der Waals surface area contributed by atoms with Crippen LogP contribution in [0.2, 0.25) is 0 Å². The molecule has 10 heteroatoms. The lowest BCUT2D eigenvalue weighted by Crippen LogP contribution is -2.31. The normalized spacial score (nSPS) is 14.2. The zero-order valence-corrected chi connectivity index (χ0v) is 22.2. The molecule has 0 atom stereocenters. The van der Waals surface area contributed by atoms with Crippen LogP contribution in [-0.4, -0.2) is 65.5 Å². The number of halogens is 2. The number of rotatable bonds is 13. The van der Waals surface area contributed by atoms with E-state index in [1.165, 1.54) is 23.5 Å². The summed E-state index contributed by atoms with van der Waals surface area (Å²) in [7, 11) is 1.69. The number of thiazole rings is 1. The molecule has 7 nitrogen and oxygen atoms in total. The van der Waals surface area contributed by atoms with Crippen LogP contribution in [0, 0.1) is 5.82 Å². The van der Waals surface area contributed by atoms with Gasteiger partial charge >= 0.3 is 0 Å². The van der Waals surface area contributed by atoms with Gasteiger partial charge in [0.05, 0.1) is 34.1 Å². The van der Waals surface area contributed by atoms with Crippen molar-refractivity contribution in [3.8, 4) is 0 Å². The Kier molecular flexibility index (Phi) is 9.83. The Morgan fingerprint density at radius 1 is 1.42 bits per heavy atom. The van der Waals surface area contributed by atoms with Gasteiger partial charge in [-0.25, -0.2) is 14.8 Å². The maximum atomic E-state index is 13.5. The third kappa shape index (κ3) is 7.04. The molecule has 0 aliphatic carbocycles. The number of aromatic nitrogens is 1. The van der Waals surface area contributed by atoms with E-state index in [2.05, 4.69) is 45.4 Å². The van der Waals surface area contributed by atoms with Gasteiger partial charge in [0.25, 0.3) is 0 Å². The van der Waals surface area contributed by atoms with Crippen LogP contribution in [0.1, 0.15) is 13.3 Å². The van der Waals surface area contributed by atoms with Gasteiger partial charge in [-0.15, -0.1) is 0 Å². The van der Waals surface area contributed by atoms with Crippen molar-refractivity contribution in [1.82, 2.24) is 20.3 Å². The number of hydrogen-bond donors (Lipinski definition) is 3. The molecule has 0 fully saturated rings. The zero-order chi connectivity index (χ0) is 26.2. The van der Waals surface area contributed by atoms with Crippen molar-refractivity contribution in [3.05, 3.63) is 83.6 Å². The molecule has 2 heterocycles. The molecule has 36 heavy (non-hydrogen) atoms. The van der Waals surface area contributed by atoms with E-state index in [1.54, 1.807) is 19.2 Å². The summed E-state index contributed by atoms with van der Waals surface area (Å²) < 4.78 is 14.3.